The molecule has 1 atom stereocenters. The van der Waals surface area contributed by atoms with Gasteiger partial charge in [0.1, 0.15) is 5.75 Å². The minimum absolute atomic E-state index is 0.478. The Balaban J connectivity index is 2.71. The summed E-state index contributed by atoms with van der Waals surface area (Å²) in [6.45, 7) is 0. The van der Waals surface area contributed by atoms with Crippen LogP contribution in [-0.2, 0) is 4.74 Å². The number of rotatable bonds is 4. The fraction of sp³-hybridized carbons (Fsp3) is 0.333. The third-order valence-electron chi connectivity index (χ3n) is 1.57. The van der Waals surface area contributed by atoms with E-state index in [-0.39, 0.29) is 0 Å². The Bertz CT molecular complexity index is 391. The lowest BCUT2D eigenvalue weighted by atomic mass is 10.3. The second kappa shape index (κ2) is 5.51. The zero-order valence-corrected chi connectivity index (χ0v) is 10.5. The third kappa shape index (κ3) is 4.88. The van der Waals surface area contributed by atoms with Crippen molar-refractivity contribution in [1.82, 2.24) is 0 Å². The molecule has 9 heteroatoms. The fourth-order valence-electron chi connectivity index (χ4n) is 0.892. The summed E-state index contributed by atoms with van der Waals surface area (Å²) in [6.07, 6.45) is -14.2. The van der Waals surface area contributed by atoms with Gasteiger partial charge in [0.15, 0.2) is 0 Å². The Labute approximate surface area is 111 Å². The Morgan fingerprint density at radius 2 is 1.50 bits per heavy atom. The van der Waals surface area contributed by atoms with Crippen molar-refractivity contribution in [3.8, 4) is 5.75 Å². The van der Waals surface area contributed by atoms with E-state index in [1.165, 1.54) is 12.1 Å². The van der Waals surface area contributed by atoms with Crippen LogP contribution in [0.15, 0.2) is 24.3 Å². The standard InChI is InChI=1S/C9H5F6IO2/c10-7(18-9(13,14)15)8(11,12)17-6-3-1-5(16)2-4-6/h1-4,7H/t7-/m0/s1. The Kier molecular flexibility index (Phi) is 4.70. The fourth-order valence-corrected chi connectivity index (χ4v) is 1.25. The number of benzene rings is 1. The molecular weight excluding hydrogens is 381 g/mol. The molecule has 0 N–H and O–H groups in total. The van der Waals surface area contributed by atoms with Crippen LogP contribution in [0.25, 0.3) is 0 Å². The van der Waals surface area contributed by atoms with Gasteiger partial charge in [-0.3, -0.25) is 0 Å². The molecule has 0 saturated heterocycles. The lowest BCUT2D eigenvalue weighted by molar-refractivity contribution is -0.411. The second-order valence-electron chi connectivity index (χ2n) is 3.00. The van der Waals surface area contributed by atoms with E-state index in [0.717, 1.165) is 12.1 Å². The molecule has 1 rings (SSSR count). The first-order chi connectivity index (χ1) is 8.10. The molecule has 0 fully saturated rings. The molecule has 0 amide bonds. The summed E-state index contributed by atoms with van der Waals surface area (Å²) < 4.78 is 80.2. The summed E-state index contributed by atoms with van der Waals surface area (Å²) in [7, 11) is 0. The van der Waals surface area contributed by atoms with Crippen LogP contribution in [0.5, 0.6) is 5.75 Å². The highest BCUT2D eigenvalue weighted by Gasteiger charge is 2.50. The first-order valence-electron chi connectivity index (χ1n) is 4.31. The molecular formula is C9H5F6IO2. The highest BCUT2D eigenvalue weighted by molar-refractivity contribution is 14.1. The normalized spacial score (nSPS) is 14.4. The van der Waals surface area contributed by atoms with Gasteiger partial charge in [-0.2, -0.15) is 8.78 Å². The Morgan fingerprint density at radius 1 is 1.00 bits per heavy atom. The van der Waals surface area contributed by atoms with Crippen LogP contribution < -0.4 is 4.74 Å². The predicted octanol–water partition coefficient (Wildman–Crippen LogP) is 4.09. The predicted molar refractivity (Wildman–Crippen MR) is 56.8 cm³/mol. The van der Waals surface area contributed by atoms with Gasteiger partial charge in [0.05, 0.1) is 0 Å². The van der Waals surface area contributed by atoms with Gasteiger partial charge in [0.2, 0.25) is 0 Å². The molecule has 102 valence electrons. The highest BCUT2D eigenvalue weighted by Crippen LogP contribution is 2.31. The van der Waals surface area contributed by atoms with Crippen LogP contribution in [0.3, 0.4) is 0 Å². The van der Waals surface area contributed by atoms with Crippen LogP contribution in [-0.4, -0.2) is 18.8 Å². The number of halogens is 7. The van der Waals surface area contributed by atoms with Crippen molar-refractivity contribution in [1.29, 1.82) is 0 Å². The van der Waals surface area contributed by atoms with Crippen molar-refractivity contribution in [2.45, 2.75) is 18.8 Å². The summed E-state index contributed by atoms with van der Waals surface area (Å²) in [5, 5.41) is 0. The molecule has 0 aliphatic heterocycles. The average molecular weight is 386 g/mol. The minimum atomic E-state index is -5.52. The van der Waals surface area contributed by atoms with Crippen LogP contribution >= 0.6 is 22.6 Å². The van der Waals surface area contributed by atoms with Crippen LogP contribution in [0.1, 0.15) is 0 Å². The molecule has 0 bridgehead atoms. The van der Waals surface area contributed by atoms with Crippen molar-refractivity contribution < 1.29 is 35.8 Å². The summed E-state index contributed by atoms with van der Waals surface area (Å²) in [4.78, 5) is 0. The molecule has 0 aromatic heterocycles. The lowest BCUT2D eigenvalue weighted by Gasteiger charge is -2.22. The summed E-state index contributed by atoms with van der Waals surface area (Å²) >= 11 is 1.87. The zero-order chi connectivity index (χ0) is 14.0. The first kappa shape index (κ1) is 15.3. The van der Waals surface area contributed by atoms with Crippen molar-refractivity contribution in [2.75, 3.05) is 0 Å². The van der Waals surface area contributed by atoms with Gasteiger partial charge in [0.25, 0.3) is 0 Å². The van der Waals surface area contributed by atoms with Gasteiger partial charge >= 0.3 is 18.8 Å². The van der Waals surface area contributed by atoms with E-state index >= 15 is 0 Å². The van der Waals surface area contributed by atoms with Gasteiger partial charge in [-0.15, -0.1) is 13.2 Å². The van der Waals surface area contributed by atoms with Crippen LogP contribution in [0.2, 0.25) is 0 Å². The van der Waals surface area contributed by atoms with Crippen molar-refractivity contribution in [2.24, 2.45) is 0 Å². The molecule has 0 aliphatic rings. The molecule has 0 spiro atoms. The van der Waals surface area contributed by atoms with Gasteiger partial charge in [-0.05, 0) is 46.9 Å². The Hall–Kier alpha value is -0.710. The number of hydrogen-bond donors (Lipinski definition) is 0. The Morgan fingerprint density at radius 3 is 1.94 bits per heavy atom. The monoisotopic (exact) mass is 386 g/mol. The van der Waals surface area contributed by atoms with E-state index in [0.29, 0.717) is 3.57 Å². The van der Waals surface area contributed by atoms with Crippen molar-refractivity contribution in [3.05, 3.63) is 27.8 Å². The van der Waals surface area contributed by atoms with Gasteiger partial charge in [-0.1, -0.05) is 0 Å². The molecule has 0 unspecified atom stereocenters. The molecule has 1 aromatic rings. The molecule has 0 saturated carbocycles. The number of hydrogen-bond acceptors (Lipinski definition) is 2. The van der Waals surface area contributed by atoms with E-state index in [2.05, 4.69) is 9.47 Å². The minimum Gasteiger partial charge on any atom is -0.429 e. The lowest BCUT2D eigenvalue weighted by Crippen LogP contribution is -2.41. The second-order valence-corrected chi connectivity index (χ2v) is 4.24. The van der Waals surface area contributed by atoms with Gasteiger partial charge < -0.3 is 4.74 Å². The van der Waals surface area contributed by atoms with E-state index in [4.69, 9.17) is 0 Å². The smallest absolute Gasteiger partial charge is 0.429 e. The molecule has 18 heavy (non-hydrogen) atoms. The third-order valence-corrected chi connectivity index (χ3v) is 2.29. The quantitative estimate of drug-likeness (QED) is 0.574. The van der Waals surface area contributed by atoms with E-state index in [1.54, 1.807) is 0 Å². The number of alkyl halides is 6. The molecule has 1 aromatic carbocycles. The molecule has 0 radical (unpaired) electrons. The van der Waals surface area contributed by atoms with Gasteiger partial charge in [-0.25, -0.2) is 9.13 Å². The van der Waals surface area contributed by atoms with Crippen molar-refractivity contribution in [3.63, 3.8) is 0 Å². The van der Waals surface area contributed by atoms with Gasteiger partial charge in [0, 0.05) is 3.57 Å². The maximum Gasteiger partial charge on any atom is 0.525 e. The summed E-state index contributed by atoms with van der Waals surface area (Å²) in [5.41, 5.74) is 0. The summed E-state index contributed by atoms with van der Waals surface area (Å²) in [6, 6.07) is 4.86. The van der Waals surface area contributed by atoms with E-state index < -0.39 is 24.6 Å². The van der Waals surface area contributed by atoms with Crippen LogP contribution in [0.4, 0.5) is 26.3 Å². The van der Waals surface area contributed by atoms with E-state index in [1.807, 2.05) is 22.6 Å². The topological polar surface area (TPSA) is 18.5 Å². The SMILES string of the molecule is F[C@@H](OC(F)(F)F)C(F)(F)Oc1ccc(I)cc1. The van der Waals surface area contributed by atoms with Crippen LogP contribution in [0, 0.1) is 3.57 Å². The largest absolute Gasteiger partial charge is 0.525 e. The maximum atomic E-state index is 12.9. The average Bonchev–Trinajstić information content (AvgIpc) is 2.18. The number of ether oxygens (including phenoxy) is 2. The molecule has 0 aliphatic carbocycles. The highest BCUT2D eigenvalue weighted by atomic mass is 127. The zero-order valence-electron chi connectivity index (χ0n) is 8.35. The molecule has 0 heterocycles. The molecule has 2 nitrogen and oxygen atoms in total. The summed E-state index contributed by atoms with van der Waals surface area (Å²) in [5.74, 6) is -0.478. The maximum absolute atomic E-state index is 12.9. The van der Waals surface area contributed by atoms with E-state index in [9.17, 15) is 26.3 Å². The van der Waals surface area contributed by atoms with Crippen molar-refractivity contribution >= 4 is 22.6 Å². The first-order valence-corrected chi connectivity index (χ1v) is 5.39.